The Morgan fingerprint density at radius 3 is 2.74 bits per heavy atom. The van der Waals surface area contributed by atoms with Gasteiger partial charge in [-0.25, -0.2) is 0 Å². The first kappa shape index (κ1) is 13.5. The third-order valence-electron chi connectivity index (χ3n) is 2.73. The maximum Gasteiger partial charge on any atom is 0.271 e. The first-order chi connectivity index (χ1) is 9.06. The van der Waals surface area contributed by atoms with Gasteiger partial charge in [0.25, 0.3) is 5.69 Å². The van der Waals surface area contributed by atoms with Crippen LogP contribution in [0.1, 0.15) is 11.1 Å². The van der Waals surface area contributed by atoms with Crippen molar-refractivity contribution in [1.82, 2.24) is 0 Å². The SMILES string of the molecule is Cc1cccc(CNc2cc([N+](=O)[O-])ccc2Br)c1. The van der Waals surface area contributed by atoms with Crippen molar-refractivity contribution >= 4 is 27.3 Å². The van der Waals surface area contributed by atoms with Gasteiger partial charge in [-0.05, 0) is 34.5 Å². The normalized spacial score (nSPS) is 10.2. The Hall–Kier alpha value is -1.88. The van der Waals surface area contributed by atoms with Gasteiger partial charge in [0.1, 0.15) is 0 Å². The molecule has 0 aromatic heterocycles. The summed E-state index contributed by atoms with van der Waals surface area (Å²) in [5.74, 6) is 0. The van der Waals surface area contributed by atoms with Crippen LogP contribution in [0.5, 0.6) is 0 Å². The summed E-state index contributed by atoms with van der Waals surface area (Å²) in [6.45, 7) is 2.66. The van der Waals surface area contributed by atoms with Gasteiger partial charge in [0, 0.05) is 23.2 Å². The van der Waals surface area contributed by atoms with Crippen LogP contribution in [0.25, 0.3) is 0 Å². The zero-order valence-electron chi connectivity index (χ0n) is 10.4. The standard InChI is InChI=1S/C14H13BrN2O2/c1-10-3-2-4-11(7-10)9-16-14-8-12(17(18)19)5-6-13(14)15/h2-8,16H,9H2,1H3. The number of nitrogens with one attached hydrogen (secondary N) is 1. The lowest BCUT2D eigenvalue weighted by atomic mass is 10.1. The van der Waals surface area contributed by atoms with Gasteiger partial charge in [0.2, 0.25) is 0 Å². The van der Waals surface area contributed by atoms with Crippen LogP contribution in [0.15, 0.2) is 46.9 Å². The molecule has 98 valence electrons. The zero-order valence-corrected chi connectivity index (χ0v) is 12.0. The Bertz CT molecular complexity index is 614. The summed E-state index contributed by atoms with van der Waals surface area (Å²) in [5.41, 5.74) is 3.13. The summed E-state index contributed by atoms with van der Waals surface area (Å²) in [7, 11) is 0. The molecule has 0 heterocycles. The number of benzene rings is 2. The molecule has 0 saturated heterocycles. The zero-order chi connectivity index (χ0) is 13.8. The molecule has 0 aliphatic heterocycles. The minimum Gasteiger partial charge on any atom is -0.380 e. The number of nitro groups is 1. The maximum absolute atomic E-state index is 10.7. The van der Waals surface area contributed by atoms with Crippen LogP contribution in [0, 0.1) is 17.0 Å². The third-order valence-corrected chi connectivity index (χ3v) is 3.42. The van der Waals surface area contributed by atoms with Crippen LogP contribution >= 0.6 is 15.9 Å². The highest BCUT2D eigenvalue weighted by atomic mass is 79.9. The van der Waals surface area contributed by atoms with E-state index in [2.05, 4.69) is 27.3 Å². The Morgan fingerprint density at radius 1 is 1.26 bits per heavy atom. The minimum atomic E-state index is -0.399. The second kappa shape index (κ2) is 5.84. The molecule has 0 bridgehead atoms. The van der Waals surface area contributed by atoms with Crippen LogP contribution in [-0.4, -0.2) is 4.92 Å². The molecule has 2 aromatic carbocycles. The highest BCUT2D eigenvalue weighted by Gasteiger charge is 2.09. The van der Waals surface area contributed by atoms with E-state index >= 15 is 0 Å². The Kier molecular flexibility index (Phi) is 4.16. The smallest absolute Gasteiger partial charge is 0.271 e. The van der Waals surface area contributed by atoms with Gasteiger partial charge in [-0.2, -0.15) is 0 Å². The van der Waals surface area contributed by atoms with Crippen molar-refractivity contribution in [2.75, 3.05) is 5.32 Å². The van der Waals surface area contributed by atoms with Gasteiger partial charge in [-0.3, -0.25) is 10.1 Å². The summed E-state index contributed by atoms with van der Waals surface area (Å²) in [6, 6.07) is 12.8. The molecular weight excluding hydrogens is 308 g/mol. The first-order valence-electron chi connectivity index (χ1n) is 5.79. The van der Waals surface area contributed by atoms with Crippen LogP contribution in [0.3, 0.4) is 0 Å². The fourth-order valence-electron chi connectivity index (χ4n) is 1.78. The Morgan fingerprint density at radius 2 is 2.05 bits per heavy atom. The number of halogens is 1. The number of hydrogen-bond acceptors (Lipinski definition) is 3. The highest BCUT2D eigenvalue weighted by molar-refractivity contribution is 9.10. The van der Waals surface area contributed by atoms with E-state index in [1.54, 1.807) is 6.07 Å². The van der Waals surface area contributed by atoms with Crippen molar-refractivity contribution in [3.05, 3.63) is 68.2 Å². The van der Waals surface area contributed by atoms with Crippen molar-refractivity contribution in [3.63, 3.8) is 0 Å². The number of non-ortho nitro benzene ring substituents is 1. The molecule has 0 spiro atoms. The van der Waals surface area contributed by atoms with Gasteiger partial charge >= 0.3 is 0 Å². The highest BCUT2D eigenvalue weighted by Crippen LogP contribution is 2.27. The molecule has 4 nitrogen and oxygen atoms in total. The topological polar surface area (TPSA) is 55.2 Å². The summed E-state index contributed by atoms with van der Waals surface area (Å²) >= 11 is 3.38. The van der Waals surface area contributed by atoms with E-state index in [1.165, 1.54) is 17.7 Å². The molecule has 5 heteroatoms. The fraction of sp³-hybridized carbons (Fsp3) is 0.143. The van der Waals surface area contributed by atoms with E-state index in [1.807, 2.05) is 25.1 Å². The Balaban J connectivity index is 2.15. The summed E-state index contributed by atoms with van der Waals surface area (Å²) in [5, 5.41) is 13.9. The van der Waals surface area contributed by atoms with Crippen molar-refractivity contribution in [2.45, 2.75) is 13.5 Å². The lowest BCUT2D eigenvalue weighted by Crippen LogP contribution is -2.01. The maximum atomic E-state index is 10.7. The summed E-state index contributed by atoms with van der Waals surface area (Å²) < 4.78 is 0.811. The third kappa shape index (κ3) is 3.54. The van der Waals surface area contributed by atoms with Crippen molar-refractivity contribution in [1.29, 1.82) is 0 Å². The molecule has 0 aliphatic carbocycles. The van der Waals surface area contributed by atoms with E-state index in [0.717, 1.165) is 15.7 Å². The summed E-state index contributed by atoms with van der Waals surface area (Å²) in [6.07, 6.45) is 0. The van der Waals surface area contributed by atoms with E-state index in [4.69, 9.17) is 0 Å². The predicted molar refractivity (Wildman–Crippen MR) is 79.3 cm³/mol. The van der Waals surface area contributed by atoms with E-state index in [9.17, 15) is 10.1 Å². The molecule has 0 fully saturated rings. The van der Waals surface area contributed by atoms with E-state index in [0.29, 0.717) is 6.54 Å². The van der Waals surface area contributed by atoms with Crippen molar-refractivity contribution < 1.29 is 4.92 Å². The van der Waals surface area contributed by atoms with Crippen molar-refractivity contribution in [3.8, 4) is 0 Å². The van der Waals surface area contributed by atoms with Gasteiger partial charge in [0.15, 0.2) is 0 Å². The monoisotopic (exact) mass is 320 g/mol. The quantitative estimate of drug-likeness (QED) is 0.675. The second-order valence-corrected chi connectivity index (χ2v) is 5.12. The van der Waals surface area contributed by atoms with Crippen LogP contribution < -0.4 is 5.32 Å². The Labute approximate surface area is 119 Å². The first-order valence-corrected chi connectivity index (χ1v) is 6.59. The molecule has 1 N–H and O–H groups in total. The predicted octanol–water partition coefficient (Wildman–Crippen LogP) is 4.28. The number of nitro benzene ring substituents is 1. The number of rotatable bonds is 4. The van der Waals surface area contributed by atoms with E-state index in [-0.39, 0.29) is 5.69 Å². The average Bonchev–Trinajstić information content (AvgIpc) is 2.37. The van der Waals surface area contributed by atoms with Gasteiger partial charge in [-0.15, -0.1) is 0 Å². The van der Waals surface area contributed by atoms with Gasteiger partial charge in [-0.1, -0.05) is 29.8 Å². The lowest BCUT2D eigenvalue weighted by Gasteiger charge is -2.09. The summed E-state index contributed by atoms with van der Waals surface area (Å²) in [4.78, 5) is 10.3. The minimum absolute atomic E-state index is 0.0787. The number of aryl methyl sites for hydroxylation is 1. The van der Waals surface area contributed by atoms with E-state index < -0.39 is 4.92 Å². The molecule has 2 aromatic rings. The van der Waals surface area contributed by atoms with Crippen LogP contribution in [-0.2, 0) is 6.54 Å². The number of anilines is 1. The molecule has 0 amide bonds. The molecule has 0 radical (unpaired) electrons. The largest absolute Gasteiger partial charge is 0.380 e. The van der Waals surface area contributed by atoms with Gasteiger partial charge in [0.05, 0.1) is 10.6 Å². The molecule has 19 heavy (non-hydrogen) atoms. The lowest BCUT2D eigenvalue weighted by molar-refractivity contribution is -0.384. The number of hydrogen-bond donors (Lipinski definition) is 1. The van der Waals surface area contributed by atoms with Gasteiger partial charge < -0.3 is 5.32 Å². The van der Waals surface area contributed by atoms with Crippen molar-refractivity contribution in [2.24, 2.45) is 0 Å². The molecule has 0 saturated carbocycles. The average molecular weight is 321 g/mol. The van der Waals surface area contributed by atoms with Crippen LogP contribution in [0.2, 0.25) is 0 Å². The van der Waals surface area contributed by atoms with Crippen LogP contribution in [0.4, 0.5) is 11.4 Å². The molecule has 2 rings (SSSR count). The fourth-order valence-corrected chi connectivity index (χ4v) is 2.17. The molecule has 0 aliphatic rings. The second-order valence-electron chi connectivity index (χ2n) is 4.26. The molecule has 0 atom stereocenters. The molecular formula is C14H13BrN2O2. The molecule has 0 unspecified atom stereocenters. The number of nitrogens with zero attached hydrogens (tertiary/aromatic N) is 1.